The van der Waals surface area contributed by atoms with Gasteiger partial charge in [0.2, 0.25) is 0 Å². The van der Waals surface area contributed by atoms with Crippen molar-refractivity contribution in [3.8, 4) is 0 Å². The molecule has 1 nitrogen and oxygen atoms in total. The molecule has 0 aromatic carbocycles. The fourth-order valence-electron chi connectivity index (χ4n) is 0.212. The molecule has 0 aromatic rings. The predicted molar refractivity (Wildman–Crippen MR) is 49.6 cm³/mol. The molecule has 0 saturated carbocycles. The van der Waals surface area contributed by atoms with Gasteiger partial charge in [-0.05, 0) is 20.8 Å². The number of rotatable bonds is 1. The van der Waals surface area contributed by atoms with E-state index in [1.807, 2.05) is 0 Å². The Kier molecular flexibility index (Phi) is 2.73. The lowest BCUT2D eigenvalue weighted by Crippen LogP contribution is -2.21. The van der Waals surface area contributed by atoms with Crippen LogP contribution in [0.1, 0.15) is 20.8 Å². The van der Waals surface area contributed by atoms with E-state index in [4.69, 9.17) is 5.11 Å². The third-order valence-electron chi connectivity index (χ3n) is 1.36. The van der Waals surface area contributed by atoms with E-state index in [0.717, 1.165) is 0 Å². The van der Waals surface area contributed by atoms with Crippen molar-refractivity contribution in [2.75, 3.05) is 13.0 Å². The summed E-state index contributed by atoms with van der Waals surface area (Å²) in [7, 11) is -0.448. The predicted octanol–water partition coefficient (Wildman–Crippen LogP) is 0.662. The highest BCUT2D eigenvalue weighted by atomic mass is 31.2. The lowest BCUT2D eigenvalue weighted by Gasteiger charge is -2.36. The van der Waals surface area contributed by atoms with Gasteiger partial charge in [0, 0.05) is 11.8 Å². The van der Waals surface area contributed by atoms with Crippen LogP contribution in [0.25, 0.3) is 0 Å². The summed E-state index contributed by atoms with van der Waals surface area (Å²) >= 11 is 0. The number of aliphatic hydroxyl groups is 1. The van der Waals surface area contributed by atoms with Crippen LogP contribution in [0.2, 0.25) is 0 Å². The SMILES string of the molecule is [BH3-][P+](C)(CO)C(C)(C)C. The minimum Gasteiger partial charge on any atom is -0.366 e. The minimum atomic E-state index is -0.802. The second-order valence-electron chi connectivity index (χ2n) is 3.01. The van der Waals surface area contributed by atoms with Crippen molar-refractivity contribution in [1.29, 1.82) is 0 Å². The van der Waals surface area contributed by atoms with Crippen LogP contribution in [0, 0.1) is 0 Å². The molecule has 0 aromatic heterocycles. The van der Waals surface area contributed by atoms with E-state index >= 15 is 0 Å². The summed E-state index contributed by atoms with van der Waals surface area (Å²) in [6.45, 7) is 9.06. The van der Waals surface area contributed by atoms with Crippen LogP contribution in [-0.2, 0) is 0 Å². The molecule has 0 amide bonds. The summed E-state index contributed by atoms with van der Waals surface area (Å²) in [6.07, 6.45) is 0.483. The van der Waals surface area contributed by atoms with Crippen molar-refractivity contribution in [2.24, 2.45) is 0 Å². The Bertz CT molecular complexity index is 95.7. The average Bonchev–Trinajstić information content (AvgIpc) is 1.64. The standard InChI is InChI=1S/C6H18BOP/c1-6(2,3)9(4,7)5-8/h8H,5H2,1-4,7H3. The van der Waals surface area contributed by atoms with Gasteiger partial charge in [0.05, 0.1) is 0 Å². The monoisotopic (exact) mass is 148 g/mol. The zero-order chi connectivity index (χ0) is 7.71. The largest absolute Gasteiger partial charge is 0.366 e. The van der Waals surface area contributed by atoms with Crippen LogP contribution >= 0.6 is 7.14 Å². The molecule has 0 aliphatic carbocycles. The summed E-state index contributed by atoms with van der Waals surface area (Å²) in [5, 5.41) is 9.46. The van der Waals surface area contributed by atoms with Crippen molar-refractivity contribution >= 4 is 14.7 Å². The molecule has 0 aliphatic rings. The van der Waals surface area contributed by atoms with Gasteiger partial charge in [0.1, 0.15) is 13.9 Å². The second-order valence-corrected chi connectivity index (χ2v) is 6.03. The van der Waals surface area contributed by atoms with Crippen molar-refractivity contribution in [3.05, 3.63) is 0 Å². The fraction of sp³-hybridized carbons (Fsp3) is 1.00. The number of aliphatic hydroxyl groups excluding tert-OH is 1. The van der Waals surface area contributed by atoms with Crippen molar-refractivity contribution in [1.82, 2.24) is 0 Å². The first-order valence-electron chi connectivity index (χ1n) is 2.80. The molecule has 0 saturated heterocycles. The van der Waals surface area contributed by atoms with Gasteiger partial charge in [-0.2, -0.15) is 0 Å². The minimum absolute atomic E-state index is 0.354. The van der Waals surface area contributed by atoms with E-state index in [9.17, 15) is 0 Å². The molecule has 9 heavy (non-hydrogen) atoms. The van der Waals surface area contributed by atoms with E-state index in [2.05, 4.69) is 27.4 Å². The fourth-order valence-corrected chi connectivity index (χ4v) is 0.636. The van der Waals surface area contributed by atoms with Gasteiger partial charge in [-0.15, -0.1) is 7.14 Å². The highest BCUT2D eigenvalue weighted by molar-refractivity contribution is 7.97. The van der Waals surface area contributed by atoms with Gasteiger partial charge in [-0.3, -0.25) is 0 Å². The molecule has 0 spiro atoms. The van der Waals surface area contributed by atoms with Gasteiger partial charge in [-0.25, -0.2) is 0 Å². The van der Waals surface area contributed by atoms with E-state index in [-0.39, 0.29) is 0 Å². The Morgan fingerprint density at radius 3 is 1.78 bits per heavy atom. The van der Waals surface area contributed by atoms with Crippen molar-refractivity contribution < 1.29 is 5.11 Å². The van der Waals surface area contributed by atoms with Crippen molar-refractivity contribution in [2.45, 2.75) is 25.9 Å². The van der Waals surface area contributed by atoms with Crippen LogP contribution in [-0.4, -0.2) is 30.8 Å². The van der Waals surface area contributed by atoms with Gasteiger partial charge in [-0.1, -0.05) is 0 Å². The molecule has 0 aliphatic heterocycles. The third kappa shape index (κ3) is 2.27. The molecular formula is C6H18BOP. The molecule has 56 valence electrons. The maximum Gasteiger partial charge on any atom is 0.130 e. The Balaban J connectivity index is 4.14. The Morgan fingerprint density at radius 2 is 1.78 bits per heavy atom. The lowest BCUT2D eigenvalue weighted by atomic mass is 10.3. The molecule has 1 unspecified atom stereocenters. The molecule has 1 atom stereocenters. The Hall–Kier alpha value is 0.455. The van der Waals surface area contributed by atoms with Gasteiger partial charge in [0.25, 0.3) is 0 Å². The van der Waals surface area contributed by atoms with Gasteiger partial charge < -0.3 is 5.11 Å². The smallest absolute Gasteiger partial charge is 0.130 e. The highest BCUT2D eigenvalue weighted by Crippen LogP contribution is 2.60. The first kappa shape index (κ1) is 9.45. The molecule has 0 heterocycles. The zero-order valence-electron chi connectivity index (χ0n) is 6.10. The summed E-state index contributed by atoms with van der Waals surface area (Å²) in [6, 6.07) is 0. The van der Waals surface area contributed by atoms with Crippen LogP contribution in [0.3, 0.4) is 0 Å². The highest BCUT2D eigenvalue weighted by Gasteiger charge is 2.32. The molecule has 0 bridgehead atoms. The number of hydrogen-bond donors (Lipinski definition) is 1. The first-order chi connectivity index (χ1) is 3.81. The molecule has 0 radical (unpaired) electrons. The quantitative estimate of drug-likeness (QED) is 0.427. The first-order valence-corrected chi connectivity index (χ1v) is 4.78. The van der Waals surface area contributed by atoms with E-state index in [0.29, 0.717) is 19.1 Å². The summed E-state index contributed by atoms with van der Waals surface area (Å²) < 4.78 is 0. The molecule has 1 N–H and O–H groups in total. The lowest BCUT2D eigenvalue weighted by molar-refractivity contribution is 0.366. The average molecular weight is 148 g/mol. The third-order valence-corrected chi connectivity index (χ3v) is 4.07. The normalized spacial score (nSPS) is 19.3. The maximum atomic E-state index is 9.04. The molecule has 0 rings (SSSR count). The van der Waals surface area contributed by atoms with E-state index in [1.54, 1.807) is 0 Å². The molecule has 3 heteroatoms. The summed E-state index contributed by atoms with van der Waals surface area (Å²) in [4.78, 5) is 0. The summed E-state index contributed by atoms with van der Waals surface area (Å²) in [5.74, 6) is 0. The molecule has 0 fully saturated rings. The van der Waals surface area contributed by atoms with E-state index < -0.39 is 7.14 Å². The van der Waals surface area contributed by atoms with Crippen molar-refractivity contribution in [3.63, 3.8) is 0 Å². The maximum absolute atomic E-state index is 9.04. The number of hydrogen-bond acceptors (Lipinski definition) is 1. The van der Waals surface area contributed by atoms with E-state index in [1.165, 1.54) is 0 Å². The van der Waals surface area contributed by atoms with Crippen LogP contribution in [0.4, 0.5) is 0 Å². The second kappa shape index (κ2) is 2.60. The topological polar surface area (TPSA) is 20.2 Å². The Morgan fingerprint density at radius 1 is 1.44 bits per heavy atom. The van der Waals surface area contributed by atoms with Gasteiger partial charge >= 0.3 is 0 Å². The van der Waals surface area contributed by atoms with Crippen LogP contribution < -0.4 is 0 Å². The summed E-state index contributed by atoms with van der Waals surface area (Å²) in [5.41, 5.74) is 0. The Labute approximate surface area is 59.6 Å². The van der Waals surface area contributed by atoms with Crippen LogP contribution in [0.5, 0.6) is 0 Å². The van der Waals surface area contributed by atoms with Crippen LogP contribution in [0.15, 0.2) is 0 Å². The molecular weight excluding hydrogens is 130 g/mol. The zero-order valence-corrected chi connectivity index (χ0v) is 7.00. The van der Waals surface area contributed by atoms with Gasteiger partial charge in [0.15, 0.2) is 0 Å².